The van der Waals surface area contributed by atoms with Gasteiger partial charge in [-0.15, -0.1) is 12.4 Å². The van der Waals surface area contributed by atoms with Crippen LogP contribution in [-0.2, 0) is 4.79 Å². The van der Waals surface area contributed by atoms with Gasteiger partial charge in [0, 0.05) is 25.3 Å². The number of hydrogen-bond acceptors (Lipinski definition) is 3. The van der Waals surface area contributed by atoms with Crippen molar-refractivity contribution in [2.24, 2.45) is 5.73 Å². The van der Waals surface area contributed by atoms with Gasteiger partial charge in [0.05, 0.1) is 5.54 Å². The highest BCUT2D eigenvalue weighted by Gasteiger charge is 2.36. The van der Waals surface area contributed by atoms with Crippen molar-refractivity contribution in [1.29, 1.82) is 0 Å². The monoisotopic (exact) mass is 325 g/mol. The van der Waals surface area contributed by atoms with E-state index in [1.165, 1.54) is 4.90 Å². The minimum Gasteiger partial charge on any atom is -0.345 e. The Hall–Kier alpha value is -1.59. The van der Waals surface area contributed by atoms with Crippen molar-refractivity contribution in [3.63, 3.8) is 0 Å². The molecule has 1 saturated carbocycles. The molecule has 0 heterocycles. The average molecular weight is 326 g/mol. The minimum atomic E-state index is -0.744. The second-order valence-corrected chi connectivity index (χ2v) is 6.05. The Morgan fingerprint density at radius 3 is 2.32 bits per heavy atom. The smallest absolute Gasteiger partial charge is 0.253 e. The molecule has 2 rings (SSSR count). The van der Waals surface area contributed by atoms with Crippen LogP contribution in [0.15, 0.2) is 18.2 Å². The second-order valence-electron chi connectivity index (χ2n) is 6.05. The standard InChI is InChI=1S/C16H23N3O2.ClH/c1-11-10-12(6-7-13(11)14(20)19(2)3)18-15(21)16(17)8-4-5-9-16;/h6-7,10H,4-5,8-9,17H2,1-3H3,(H,18,21);1H. The van der Waals surface area contributed by atoms with Gasteiger partial charge in [0.15, 0.2) is 0 Å². The molecule has 22 heavy (non-hydrogen) atoms. The average Bonchev–Trinajstić information content (AvgIpc) is 2.86. The van der Waals surface area contributed by atoms with Gasteiger partial charge in [-0.05, 0) is 43.5 Å². The third-order valence-electron chi connectivity index (χ3n) is 4.07. The zero-order valence-electron chi connectivity index (χ0n) is 13.3. The van der Waals surface area contributed by atoms with Gasteiger partial charge in [0.1, 0.15) is 0 Å². The van der Waals surface area contributed by atoms with Crippen molar-refractivity contribution in [3.05, 3.63) is 29.3 Å². The number of halogens is 1. The molecule has 1 aromatic carbocycles. The number of carbonyl (C=O) groups excluding carboxylic acids is 2. The lowest BCUT2D eigenvalue weighted by molar-refractivity contribution is -0.121. The fourth-order valence-corrected chi connectivity index (χ4v) is 2.71. The van der Waals surface area contributed by atoms with Crippen LogP contribution in [0.5, 0.6) is 0 Å². The van der Waals surface area contributed by atoms with Crippen LogP contribution in [0.25, 0.3) is 0 Å². The van der Waals surface area contributed by atoms with Crippen molar-refractivity contribution in [2.75, 3.05) is 19.4 Å². The predicted octanol–water partition coefficient (Wildman–Crippen LogP) is 2.33. The summed E-state index contributed by atoms with van der Waals surface area (Å²) in [6, 6.07) is 5.30. The molecular weight excluding hydrogens is 302 g/mol. The molecule has 0 spiro atoms. The fraction of sp³-hybridized carbons (Fsp3) is 0.500. The summed E-state index contributed by atoms with van der Waals surface area (Å²) in [7, 11) is 3.44. The largest absolute Gasteiger partial charge is 0.345 e. The zero-order valence-corrected chi connectivity index (χ0v) is 14.1. The van der Waals surface area contributed by atoms with Crippen molar-refractivity contribution >= 4 is 29.9 Å². The summed E-state index contributed by atoms with van der Waals surface area (Å²) in [5.74, 6) is -0.178. The van der Waals surface area contributed by atoms with Crippen LogP contribution in [-0.4, -0.2) is 36.3 Å². The van der Waals surface area contributed by atoms with Crippen molar-refractivity contribution in [1.82, 2.24) is 4.90 Å². The summed E-state index contributed by atoms with van der Waals surface area (Å²) in [6.07, 6.45) is 3.46. The number of rotatable bonds is 3. The maximum atomic E-state index is 12.3. The van der Waals surface area contributed by atoms with E-state index in [2.05, 4.69) is 5.32 Å². The van der Waals surface area contributed by atoms with E-state index in [0.29, 0.717) is 11.3 Å². The number of anilines is 1. The molecule has 122 valence electrons. The Labute approximate surface area is 137 Å². The summed E-state index contributed by atoms with van der Waals surface area (Å²) >= 11 is 0. The van der Waals surface area contributed by atoms with Crippen molar-refractivity contribution in [3.8, 4) is 0 Å². The number of nitrogens with one attached hydrogen (secondary N) is 1. The number of amides is 2. The van der Waals surface area contributed by atoms with E-state index >= 15 is 0 Å². The molecule has 1 aromatic rings. The molecule has 3 N–H and O–H groups in total. The fourth-order valence-electron chi connectivity index (χ4n) is 2.71. The molecule has 1 aliphatic carbocycles. The van der Waals surface area contributed by atoms with Gasteiger partial charge in [0.2, 0.25) is 5.91 Å². The lowest BCUT2D eigenvalue weighted by Crippen LogP contribution is -2.48. The maximum Gasteiger partial charge on any atom is 0.253 e. The lowest BCUT2D eigenvalue weighted by atomic mass is 9.98. The van der Waals surface area contributed by atoms with Crippen LogP contribution in [0.1, 0.15) is 41.6 Å². The maximum absolute atomic E-state index is 12.3. The minimum absolute atomic E-state index is 0. The van der Waals surface area contributed by atoms with Crippen molar-refractivity contribution < 1.29 is 9.59 Å². The van der Waals surface area contributed by atoms with E-state index in [9.17, 15) is 9.59 Å². The molecule has 1 aliphatic rings. The number of nitrogens with two attached hydrogens (primary N) is 1. The molecule has 0 saturated heterocycles. The Bertz CT molecular complexity index is 567. The Balaban J connectivity index is 0.00000242. The second kappa shape index (κ2) is 7.11. The van der Waals surface area contributed by atoms with Crippen molar-refractivity contribution in [2.45, 2.75) is 38.1 Å². The highest BCUT2D eigenvalue weighted by molar-refractivity contribution is 5.99. The van der Waals surface area contributed by atoms with Gasteiger partial charge in [-0.1, -0.05) is 12.8 Å². The summed E-state index contributed by atoms with van der Waals surface area (Å²) in [5.41, 5.74) is 7.55. The molecule has 0 aromatic heterocycles. The Morgan fingerprint density at radius 1 is 1.23 bits per heavy atom. The van der Waals surface area contributed by atoms with Crippen LogP contribution in [0.2, 0.25) is 0 Å². The normalized spacial score (nSPS) is 15.8. The van der Waals surface area contributed by atoms with E-state index in [4.69, 9.17) is 5.73 Å². The third-order valence-corrected chi connectivity index (χ3v) is 4.07. The third kappa shape index (κ3) is 3.78. The van der Waals surface area contributed by atoms with E-state index in [1.807, 2.05) is 13.0 Å². The quantitative estimate of drug-likeness (QED) is 0.895. The molecule has 2 amide bonds. The highest BCUT2D eigenvalue weighted by Crippen LogP contribution is 2.28. The molecule has 0 aliphatic heterocycles. The molecule has 0 radical (unpaired) electrons. The van der Waals surface area contributed by atoms with E-state index in [-0.39, 0.29) is 24.2 Å². The molecule has 6 heteroatoms. The van der Waals surface area contributed by atoms with Gasteiger partial charge in [-0.3, -0.25) is 9.59 Å². The molecule has 1 fully saturated rings. The number of hydrogen-bond donors (Lipinski definition) is 2. The number of aryl methyl sites for hydroxylation is 1. The van der Waals surface area contributed by atoms with Crippen LogP contribution < -0.4 is 11.1 Å². The summed E-state index contributed by atoms with van der Waals surface area (Å²) in [4.78, 5) is 25.8. The first-order valence-corrected chi connectivity index (χ1v) is 7.26. The molecule has 0 unspecified atom stereocenters. The van der Waals surface area contributed by atoms with Gasteiger partial charge >= 0.3 is 0 Å². The summed E-state index contributed by atoms with van der Waals surface area (Å²) in [6.45, 7) is 1.86. The molecular formula is C16H24ClN3O2. The Kier molecular flexibility index (Phi) is 5.97. The SMILES string of the molecule is Cc1cc(NC(=O)C2(N)CCCC2)ccc1C(=O)N(C)C.Cl. The molecule has 0 bridgehead atoms. The van der Waals surface area contributed by atoms with Gasteiger partial charge < -0.3 is 16.0 Å². The van der Waals surface area contributed by atoms with E-state index in [1.54, 1.807) is 26.2 Å². The molecule has 5 nitrogen and oxygen atoms in total. The topological polar surface area (TPSA) is 75.4 Å². The molecule has 0 atom stereocenters. The van der Waals surface area contributed by atoms with E-state index < -0.39 is 5.54 Å². The summed E-state index contributed by atoms with van der Waals surface area (Å²) in [5, 5.41) is 2.87. The van der Waals surface area contributed by atoms with Gasteiger partial charge in [-0.25, -0.2) is 0 Å². The number of benzene rings is 1. The first-order chi connectivity index (χ1) is 9.83. The van der Waals surface area contributed by atoms with Gasteiger partial charge in [-0.2, -0.15) is 0 Å². The van der Waals surface area contributed by atoms with Gasteiger partial charge in [0.25, 0.3) is 5.91 Å². The lowest BCUT2D eigenvalue weighted by Gasteiger charge is -2.22. The van der Waals surface area contributed by atoms with Crippen LogP contribution >= 0.6 is 12.4 Å². The number of carbonyl (C=O) groups is 2. The van der Waals surface area contributed by atoms with Crippen LogP contribution in [0.4, 0.5) is 5.69 Å². The summed E-state index contributed by atoms with van der Waals surface area (Å²) < 4.78 is 0. The predicted molar refractivity (Wildman–Crippen MR) is 90.5 cm³/mol. The zero-order chi connectivity index (χ0) is 15.6. The highest BCUT2D eigenvalue weighted by atomic mass is 35.5. The Morgan fingerprint density at radius 2 is 1.82 bits per heavy atom. The van der Waals surface area contributed by atoms with E-state index in [0.717, 1.165) is 31.2 Å². The van der Waals surface area contributed by atoms with Crippen LogP contribution in [0, 0.1) is 6.92 Å². The first kappa shape index (κ1) is 18.5. The number of nitrogens with zero attached hydrogens (tertiary/aromatic N) is 1. The van der Waals surface area contributed by atoms with Crippen LogP contribution in [0.3, 0.4) is 0 Å². The first-order valence-electron chi connectivity index (χ1n) is 7.26.